The minimum atomic E-state index is 0.0612. The van der Waals surface area contributed by atoms with Gasteiger partial charge in [0.15, 0.2) is 5.15 Å². The van der Waals surface area contributed by atoms with Gasteiger partial charge in [-0.1, -0.05) is 34.8 Å². The Morgan fingerprint density at radius 1 is 1.00 bits per heavy atom. The van der Waals surface area contributed by atoms with Crippen molar-refractivity contribution in [2.24, 2.45) is 0 Å². The zero-order valence-electron chi connectivity index (χ0n) is 5.24. The molecule has 0 aliphatic carbocycles. The Labute approximate surface area is 78.2 Å². The molecule has 0 radical (unpaired) electrons. The van der Waals surface area contributed by atoms with E-state index in [1.807, 2.05) is 0 Å². The van der Waals surface area contributed by atoms with Crippen LogP contribution in [0.5, 0.6) is 0 Å². The third-order valence-electron chi connectivity index (χ3n) is 1.10. The van der Waals surface area contributed by atoms with Gasteiger partial charge < -0.3 is 11.5 Å². The summed E-state index contributed by atoms with van der Waals surface area (Å²) in [7, 11) is 0. The van der Waals surface area contributed by atoms with Crippen LogP contribution in [0.2, 0.25) is 15.2 Å². The molecule has 0 aromatic carbocycles. The summed E-state index contributed by atoms with van der Waals surface area (Å²) < 4.78 is 0. The molecule has 0 amide bonds. The van der Waals surface area contributed by atoms with E-state index in [2.05, 4.69) is 4.98 Å². The number of halogens is 3. The number of hydrogen-bond donors (Lipinski definition) is 2. The fraction of sp³-hybridized carbons (Fsp3) is 0. The van der Waals surface area contributed by atoms with Gasteiger partial charge in [0.25, 0.3) is 0 Å². The van der Waals surface area contributed by atoms with E-state index in [4.69, 9.17) is 46.3 Å². The second-order valence-electron chi connectivity index (χ2n) is 1.83. The van der Waals surface area contributed by atoms with E-state index >= 15 is 0 Å². The maximum Gasteiger partial charge on any atom is 0.152 e. The van der Waals surface area contributed by atoms with Crippen LogP contribution < -0.4 is 11.5 Å². The molecule has 0 saturated heterocycles. The van der Waals surface area contributed by atoms with Crippen LogP contribution in [-0.2, 0) is 0 Å². The van der Waals surface area contributed by atoms with Crippen molar-refractivity contribution in [1.29, 1.82) is 0 Å². The molecule has 3 nitrogen and oxygen atoms in total. The van der Waals surface area contributed by atoms with Gasteiger partial charge in [-0.05, 0) is 0 Å². The monoisotopic (exact) mass is 211 g/mol. The van der Waals surface area contributed by atoms with E-state index in [1.165, 1.54) is 0 Å². The maximum atomic E-state index is 5.60. The Morgan fingerprint density at radius 2 is 1.55 bits per heavy atom. The van der Waals surface area contributed by atoms with Gasteiger partial charge in [-0.15, -0.1) is 0 Å². The molecule has 0 saturated carbocycles. The summed E-state index contributed by atoms with van der Waals surface area (Å²) in [4.78, 5) is 3.63. The number of nitrogens with two attached hydrogens (primary N) is 2. The van der Waals surface area contributed by atoms with Gasteiger partial charge in [0.1, 0.15) is 15.9 Å². The Hall–Kier alpha value is -0.380. The van der Waals surface area contributed by atoms with Gasteiger partial charge in [-0.25, -0.2) is 4.98 Å². The second kappa shape index (κ2) is 2.93. The summed E-state index contributed by atoms with van der Waals surface area (Å²) >= 11 is 16.7. The first-order chi connectivity index (χ1) is 5.04. The molecule has 0 bridgehead atoms. The summed E-state index contributed by atoms with van der Waals surface area (Å²) in [5.41, 5.74) is 10.9. The highest BCUT2D eigenvalue weighted by molar-refractivity contribution is 6.45. The third kappa shape index (κ3) is 1.45. The summed E-state index contributed by atoms with van der Waals surface area (Å²) in [6.07, 6.45) is 0. The molecule has 0 spiro atoms. The van der Waals surface area contributed by atoms with Gasteiger partial charge in [-0.2, -0.15) is 0 Å². The zero-order valence-corrected chi connectivity index (χ0v) is 7.50. The Kier molecular flexibility index (Phi) is 2.32. The van der Waals surface area contributed by atoms with Crippen LogP contribution in [0.25, 0.3) is 0 Å². The van der Waals surface area contributed by atoms with Crippen molar-refractivity contribution < 1.29 is 0 Å². The molecule has 0 aliphatic rings. The van der Waals surface area contributed by atoms with Gasteiger partial charge in [0.05, 0.1) is 5.69 Å². The lowest BCUT2D eigenvalue weighted by atomic mass is 10.4. The highest BCUT2D eigenvalue weighted by Crippen LogP contribution is 2.35. The van der Waals surface area contributed by atoms with Crippen LogP contribution >= 0.6 is 34.8 Å². The fourth-order valence-electron chi connectivity index (χ4n) is 0.549. The van der Waals surface area contributed by atoms with Crippen LogP contribution in [0.4, 0.5) is 11.5 Å². The predicted molar refractivity (Wildman–Crippen MR) is 48.1 cm³/mol. The molecule has 1 aromatic rings. The van der Waals surface area contributed by atoms with Gasteiger partial charge in [0, 0.05) is 0 Å². The molecule has 0 unspecified atom stereocenters. The first-order valence-electron chi connectivity index (χ1n) is 2.59. The number of hydrogen-bond acceptors (Lipinski definition) is 3. The van der Waals surface area contributed by atoms with Crippen LogP contribution in [0.3, 0.4) is 0 Å². The first-order valence-corrected chi connectivity index (χ1v) is 3.73. The molecular weight excluding hydrogens is 208 g/mol. The number of aromatic nitrogens is 1. The van der Waals surface area contributed by atoms with Crippen LogP contribution in [0.1, 0.15) is 0 Å². The van der Waals surface area contributed by atoms with E-state index in [0.717, 1.165) is 0 Å². The Morgan fingerprint density at radius 3 is 2.09 bits per heavy atom. The number of anilines is 2. The van der Waals surface area contributed by atoms with E-state index < -0.39 is 0 Å². The molecule has 1 aromatic heterocycles. The number of rotatable bonds is 0. The SMILES string of the molecule is Nc1nc(Cl)c(Cl)c(N)c1Cl. The Bertz CT molecular complexity index is 273. The van der Waals surface area contributed by atoms with Crippen LogP contribution in [0, 0.1) is 0 Å². The lowest BCUT2D eigenvalue weighted by molar-refractivity contribution is 1.34. The van der Waals surface area contributed by atoms with Crippen molar-refractivity contribution in [3.05, 3.63) is 15.2 Å². The summed E-state index contributed by atoms with van der Waals surface area (Å²) in [5, 5.41) is 0.330. The summed E-state index contributed by atoms with van der Waals surface area (Å²) in [6, 6.07) is 0. The zero-order chi connectivity index (χ0) is 8.59. The van der Waals surface area contributed by atoms with Crippen LogP contribution in [0.15, 0.2) is 0 Å². The maximum absolute atomic E-state index is 5.60. The molecule has 11 heavy (non-hydrogen) atoms. The summed E-state index contributed by atoms with van der Waals surface area (Å²) in [5.74, 6) is 0.0820. The van der Waals surface area contributed by atoms with Gasteiger partial charge in [0.2, 0.25) is 0 Å². The third-order valence-corrected chi connectivity index (χ3v) is 2.25. The van der Waals surface area contributed by atoms with Crippen molar-refractivity contribution in [3.8, 4) is 0 Å². The molecule has 4 N–H and O–H groups in total. The van der Waals surface area contributed by atoms with Crippen molar-refractivity contribution in [3.63, 3.8) is 0 Å². The highest BCUT2D eigenvalue weighted by Gasteiger charge is 2.10. The number of pyridine rings is 1. The minimum Gasteiger partial charge on any atom is -0.396 e. The molecular formula is C5H4Cl3N3. The van der Waals surface area contributed by atoms with Crippen molar-refractivity contribution in [2.75, 3.05) is 11.5 Å². The van der Waals surface area contributed by atoms with E-state index in [9.17, 15) is 0 Å². The normalized spacial score (nSPS) is 10.1. The average molecular weight is 212 g/mol. The molecule has 0 fully saturated rings. The lowest BCUT2D eigenvalue weighted by Gasteiger charge is -2.04. The quantitative estimate of drug-likeness (QED) is 0.648. The van der Waals surface area contributed by atoms with Crippen LogP contribution in [-0.4, -0.2) is 4.98 Å². The smallest absolute Gasteiger partial charge is 0.152 e. The van der Waals surface area contributed by atoms with Crippen molar-refractivity contribution in [1.82, 2.24) is 4.98 Å². The van der Waals surface area contributed by atoms with E-state index in [-0.39, 0.29) is 26.7 Å². The minimum absolute atomic E-state index is 0.0612. The lowest BCUT2D eigenvalue weighted by Crippen LogP contribution is -1.97. The second-order valence-corrected chi connectivity index (χ2v) is 2.94. The fourth-order valence-corrected chi connectivity index (χ4v) is 1.06. The molecule has 1 heterocycles. The van der Waals surface area contributed by atoms with E-state index in [0.29, 0.717) is 0 Å². The van der Waals surface area contributed by atoms with Gasteiger partial charge in [-0.3, -0.25) is 0 Å². The molecule has 0 atom stereocenters. The van der Waals surface area contributed by atoms with Gasteiger partial charge >= 0.3 is 0 Å². The summed E-state index contributed by atoms with van der Waals surface area (Å²) in [6.45, 7) is 0. The molecule has 1 rings (SSSR count). The average Bonchev–Trinajstić information content (AvgIpc) is 1.97. The van der Waals surface area contributed by atoms with Crippen molar-refractivity contribution in [2.45, 2.75) is 0 Å². The number of nitrogen functional groups attached to an aromatic ring is 2. The topological polar surface area (TPSA) is 64.9 Å². The molecule has 0 aliphatic heterocycles. The van der Waals surface area contributed by atoms with Crippen molar-refractivity contribution >= 4 is 46.3 Å². The standard InChI is InChI=1S/C5H4Cl3N3/c6-1-3(9)2(7)5(10)11-4(1)8/h(H4,9,10,11). The number of nitrogens with zero attached hydrogens (tertiary/aromatic N) is 1. The Balaban J connectivity index is 3.46. The predicted octanol–water partition coefficient (Wildman–Crippen LogP) is 2.21. The highest BCUT2D eigenvalue weighted by atomic mass is 35.5. The molecule has 6 heteroatoms. The molecule has 60 valence electrons. The largest absolute Gasteiger partial charge is 0.396 e. The van der Waals surface area contributed by atoms with E-state index in [1.54, 1.807) is 0 Å². The first kappa shape index (κ1) is 8.71.